The highest BCUT2D eigenvalue weighted by atomic mass is 16.5. The van der Waals surface area contributed by atoms with Gasteiger partial charge in [0.05, 0.1) is 23.6 Å². The molecular weight excluding hydrogens is 326 g/mol. The maximum atomic E-state index is 12.5. The number of carbonyl (C=O) groups is 1. The minimum absolute atomic E-state index is 0.0740. The van der Waals surface area contributed by atoms with Crippen molar-refractivity contribution in [1.29, 1.82) is 0 Å². The molecule has 3 rings (SSSR count). The van der Waals surface area contributed by atoms with Gasteiger partial charge in [0.2, 0.25) is 0 Å². The van der Waals surface area contributed by atoms with E-state index in [0.29, 0.717) is 23.2 Å². The third kappa shape index (κ3) is 3.97. The number of aliphatic hydroxyl groups excluding tert-OH is 1. The molecule has 0 aliphatic carbocycles. The van der Waals surface area contributed by atoms with E-state index in [2.05, 4.69) is 10.3 Å². The predicted octanol–water partition coefficient (Wildman–Crippen LogP) is -0.155. The molecule has 25 heavy (non-hydrogen) atoms. The molecule has 2 heterocycles. The second-order valence-corrected chi connectivity index (χ2v) is 5.97. The summed E-state index contributed by atoms with van der Waals surface area (Å²) < 4.78 is 11.9. The van der Waals surface area contributed by atoms with Gasteiger partial charge >= 0.3 is 0 Å². The summed E-state index contributed by atoms with van der Waals surface area (Å²) in [5, 5.41) is 12.5. The molecule has 1 unspecified atom stereocenters. The fourth-order valence-electron chi connectivity index (χ4n) is 2.84. The van der Waals surface area contributed by atoms with Crippen LogP contribution in [0.1, 0.15) is 12.2 Å². The number of amides is 1. The summed E-state index contributed by atoms with van der Waals surface area (Å²) in [5.41, 5.74) is 0.563. The number of aliphatic hydroxyl groups is 1. The minimum atomic E-state index is -0.761. The van der Waals surface area contributed by atoms with Gasteiger partial charge in [-0.25, -0.2) is 4.98 Å². The van der Waals surface area contributed by atoms with E-state index in [1.165, 1.54) is 7.11 Å². The molecule has 0 bridgehead atoms. The summed E-state index contributed by atoms with van der Waals surface area (Å²) in [4.78, 5) is 28.7. The maximum absolute atomic E-state index is 12.5. The first-order valence-electron chi connectivity index (χ1n) is 8.18. The van der Waals surface area contributed by atoms with Gasteiger partial charge in [0.25, 0.3) is 11.5 Å². The SMILES string of the molecule is COCC(O)CNC(=O)COc1ccc2nc3n(c(=O)c2c1)CCC3. The Bertz CT molecular complexity index is 833. The summed E-state index contributed by atoms with van der Waals surface area (Å²) in [6, 6.07) is 5.03. The highest BCUT2D eigenvalue weighted by Crippen LogP contribution is 2.19. The van der Waals surface area contributed by atoms with Crippen LogP contribution in [0.25, 0.3) is 10.9 Å². The van der Waals surface area contributed by atoms with Gasteiger partial charge in [0.15, 0.2) is 6.61 Å². The van der Waals surface area contributed by atoms with Crippen LogP contribution in [-0.2, 0) is 22.5 Å². The average Bonchev–Trinajstić information content (AvgIpc) is 3.07. The third-order valence-corrected chi connectivity index (χ3v) is 4.05. The number of methoxy groups -OCH3 is 1. The van der Waals surface area contributed by atoms with Crippen molar-refractivity contribution >= 4 is 16.8 Å². The van der Waals surface area contributed by atoms with Crippen LogP contribution in [-0.4, -0.2) is 53.5 Å². The molecule has 0 saturated heterocycles. The molecule has 1 amide bonds. The first kappa shape index (κ1) is 17.4. The second-order valence-electron chi connectivity index (χ2n) is 5.97. The Balaban J connectivity index is 1.64. The normalized spacial score (nSPS) is 14.3. The summed E-state index contributed by atoms with van der Waals surface area (Å²) in [7, 11) is 1.47. The number of aromatic nitrogens is 2. The lowest BCUT2D eigenvalue weighted by molar-refractivity contribution is -0.123. The van der Waals surface area contributed by atoms with Gasteiger partial charge in [-0.1, -0.05) is 0 Å². The number of fused-ring (bicyclic) bond motifs is 2. The van der Waals surface area contributed by atoms with E-state index in [9.17, 15) is 14.7 Å². The monoisotopic (exact) mass is 347 g/mol. The van der Waals surface area contributed by atoms with Crippen molar-refractivity contribution in [3.05, 3.63) is 34.4 Å². The molecule has 0 radical (unpaired) electrons. The van der Waals surface area contributed by atoms with Gasteiger partial charge in [-0.3, -0.25) is 14.2 Å². The number of hydrogen-bond acceptors (Lipinski definition) is 6. The lowest BCUT2D eigenvalue weighted by Gasteiger charge is -2.12. The first-order chi connectivity index (χ1) is 12.1. The number of nitrogens with one attached hydrogen (secondary N) is 1. The van der Waals surface area contributed by atoms with Crippen LogP contribution >= 0.6 is 0 Å². The van der Waals surface area contributed by atoms with Crippen LogP contribution < -0.4 is 15.6 Å². The topological polar surface area (TPSA) is 103 Å². The van der Waals surface area contributed by atoms with Crippen molar-refractivity contribution in [2.24, 2.45) is 0 Å². The Labute approximate surface area is 144 Å². The highest BCUT2D eigenvalue weighted by Gasteiger charge is 2.16. The van der Waals surface area contributed by atoms with Gasteiger partial charge < -0.3 is 19.9 Å². The van der Waals surface area contributed by atoms with Crippen LogP contribution in [0.2, 0.25) is 0 Å². The molecule has 1 aromatic carbocycles. The molecule has 0 spiro atoms. The van der Waals surface area contributed by atoms with E-state index in [4.69, 9.17) is 9.47 Å². The number of ether oxygens (including phenoxy) is 2. The van der Waals surface area contributed by atoms with Crippen LogP contribution in [0.3, 0.4) is 0 Å². The van der Waals surface area contributed by atoms with Crippen LogP contribution in [0.5, 0.6) is 5.75 Å². The number of rotatable bonds is 7. The van der Waals surface area contributed by atoms with E-state index in [0.717, 1.165) is 18.7 Å². The molecule has 8 nitrogen and oxygen atoms in total. The van der Waals surface area contributed by atoms with Gasteiger partial charge in [0.1, 0.15) is 11.6 Å². The van der Waals surface area contributed by atoms with Crippen molar-refractivity contribution in [3.8, 4) is 5.75 Å². The Morgan fingerprint density at radius 3 is 3.12 bits per heavy atom. The summed E-state index contributed by atoms with van der Waals surface area (Å²) >= 11 is 0. The molecule has 0 saturated carbocycles. The highest BCUT2D eigenvalue weighted by molar-refractivity contribution is 5.80. The second kappa shape index (κ2) is 7.62. The van der Waals surface area contributed by atoms with Crippen LogP contribution in [0.4, 0.5) is 0 Å². The maximum Gasteiger partial charge on any atom is 0.261 e. The first-order valence-corrected chi connectivity index (χ1v) is 8.18. The van der Waals surface area contributed by atoms with Crippen molar-refractivity contribution in [2.75, 3.05) is 26.9 Å². The lowest BCUT2D eigenvalue weighted by atomic mass is 10.2. The van der Waals surface area contributed by atoms with E-state index < -0.39 is 6.10 Å². The van der Waals surface area contributed by atoms with Gasteiger partial charge in [-0.05, 0) is 24.6 Å². The zero-order valence-corrected chi connectivity index (χ0v) is 14.0. The average molecular weight is 347 g/mol. The summed E-state index contributed by atoms with van der Waals surface area (Å²) in [6.45, 7) is 0.720. The fourth-order valence-corrected chi connectivity index (χ4v) is 2.84. The van der Waals surface area contributed by atoms with E-state index in [1.54, 1.807) is 22.8 Å². The van der Waals surface area contributed by atoms with E-state index in [-0.39, 0.29) is 31.2 Å². The molecule has 1 atom stereocenters. The molecule has 1 aliphatic rings. The van der Waals surface area contributed by atoms with Gasteiger partial charge in [-0.2, -0.15) is 0 Å². The molecule has 0 fully saturated rings. The van der Waals surface area contributed by atoms with Crippen LogP contribution in [0.15, 0.2) is 23.0 Å². The Morgan fingerprint density at radius 2 is 2.32 bits per heavy atom. The number of nitrogens with zero attached hydrogens (tertiary/aromatic N) is 2. The quantitative estimate of drug-likeness (QED) is 0.722. The molecule has 2 N–H and O–H groups in total. The Hall–Kier alpha value is -2.45. The van der Waals surface area contributed by atoms with Crippen molar-refractivity contribution in [2.45, 2.75) is 25.5 Å². The zero-order valence-electron chi connectivity index (χ0n) is 14.0. The summed E-state index contributed by atoms with van der Waals surface area (Å²) in [6.07, 6.45) is 0.984. The number of benzene rings is 1. The van der Waals surface area contributed by atoms with Crippen molar-refractivity contribution < 1.29 is 19.4 Å². The van der Waals surface area contributed by atoms with Gasteiger partial charge in [-0.15, -0.1) is 0 Å². The van der Waals surface area contributed by atoms with Gasteiger partial charge in [0, 0.05) is 26.6 Å². The molecule has 134 valence electrons. The Morgan fingerprint density at radius 1 is 1.48 bits per heavy atom. The molecule has 8 heteroatoms. The molecule has 1 aromatic heterocycles. The summed E-state index contributed by atoms with van der Waals surface area (Å²) in [5.74, 6) is 0.886. The molecular formula is C17H21N3O5. The largest absolute Gasteiger partial charge is 0.484 e. The minimum Gasteiger partial charge on any atom is -0.484 e. The third-order valence-electron chi connectivity index (χ3n) is 4.05. The Kier molecular flexibility index (Phi) is 5.30. The number of hydrogen-bond donors (Lipinski definition) is 2. The van der Waals surface area contributed by atoms with E-state index in [1.807, 2.05) is 0 Å². The smallest absolute Gasteiger partial charge is 0.261 e. The molecule has 2 aromatic rings. The lowest BCUT2D eigenvalue weighted by Crippen LogP contribution is -2.37. The predicted molar refractivity (Wildman–Crippen MR) is 90.7 cm³/mol. The van der Waals surface area contributed by atoms with E-state index >= 15 is 0 Å². The zero-order chi connectivity index (χ0) is 17.8. The molecule has 1 aliphatic heterocycles. The van der Waals surface area contributed by atoms with Crippen LogP contribution in [0, 0.1) is 0 Å². The number of carbonyl (C=O) groups excluding carboxylic acids is 1. The standard InChI is InChI=1S/C17H21N3O5/c1-24-9-11(21)8-18-16(22)10-25-12-4-5-14-13(7-12)17(23)20-6-2-3-15(20)19-14/h4-5,7,11,21H,2-3,6,8-10H2,1H3,(H,18,22). The van der Waals surface area contributed by atoms with Crippen molar-refractivity contribution in [1.82, 2.24) is 14.9 Å². The number of aryl methyl sites for hydroxylation is 1. The fraction of sp³-hybridized carbons (Fsp3) is 0.471. The van der Waals surface area contributed by atoms with Crippen molar-refractivity contribution in [3.63, 3.8) is 0 Å².